The Balaban J connectivity index is 1.74. The average molecular weight is 514 g/mol. The lowest BCUT2D eigenvalue weighted by molar-refractivity contribution is -0.137. The van der Waals surface area contributed by atoms with Crippen LogP contribution in [0.25, 0.3) is 0 Å². The predicted molar refractivity (Wildman–Crippen MR) is 148 cm³/mol. The second-order valence-corrected chi connectivity index (χ2v) is 10.9. The summed E-state index contributed by atoms with van der Waals surface area (Å²) in [4.78, 5) is 37.6. The van der Waals surface area contributed by atoms with Gasteiger partial charge in [0.1, 0.15) is 11.2 Å². The van der Waals surface area contributed by atoms with Crippen molar-refractivity contribution in [2.24, 2.45) is 0 Å². The van der Waals surface area contributed by atoms with Gasteiger partial charge in [-0.2, -0.15) is 0 Å². The van der Waals surface area contributed by atoms with Gasteiger partial charge in [-0.05, 0) is 47.6 Å². The number of ether oxygens (including phenoxy) is 1. The van der Waals surface area contributed by atoms with Crippen LogP contribution in [0, 0.1) is 0 Å². The van der Waals surface area contributed by atoms with Crippen LogP contribution in [0.1, 0.15) is 81.5 Å². The maximum atomic E-state index is 14.0. The number of carbonyl (C=O) groups excluding carboxylic acids is 2. The number of fused-ring (bicyclic) bond motifs is 1. The molecule has 3 aromatic carbocycles. The number of rotatable bonds is 10. The number of anilines is 1. The van der Waals surface area contributed by atoms with E-state index in [1.165, 1.54) is 0 Å². The van der Waals surface area contributed by atoms with Gasteiger partial charge in [0.15, 0.2) is 0 Å². The van der Waals surface area contributed by atoms with E-state index in [-0.39, 0.29) is 30.1 Å². The minimum atomic E-state index is -1.19. The summed E-state index contributed by atoms with van der Waals surface area (Å²) >= 11 is 0. The molecule has 2 N–H and O–H groups in total. The molecule has 1 amide bonds. The maximum Gasteiger partial charge on any atom is 0.311 e. The molecule has 6 nitrogen and oxygen atoms in total. The number of hydrogen-bond acceptors (Lipinski definition) is 4. The van der Waals surface area contributed by atoms with Crippen molar-refractivity contribution < 1.29 is 24.2 Å². The second kappa shape index (κ2) is 11.2. The molecule has 4 rings (SSSR count). The normalized spacial score (nSPS) is 16.6. The molecule has 1 aliphatic heterocycles. The topological polar surface area (TPSA) is 92.7 Å². The van der Waals surface area contributed by atoms with Gasteiger partial charge < -0.3 is 15.2 Å². The fourth-order valence-corrected chi connectivity index (χ4v) is 5.11. The summed E-state index contributed by atoms with van der Waals surface area (Å²) in [5.74, 6) is -1.00. The van der Waals surface area contributed by atoms with E-state index in [0.717, 1.165) is 35.2 Å². The van der Waals surface area contributed by atoms with E-state index in [2.05, 4.69) is 26.1 Å². The number of amides is 1. The van der Waals surface area contributed by atoms with Crippen LogP contribution in [0.2, 0.25) is 0 Å². The van der Waals surface area contributed by atoms with Crippen molar-refractivity contribution in [1.29, 1.82) is 0 Å². The number of para-hydroxylation sites is 1. The van der Waals surface area contributed by atoms with E-state index in [1.807, 2.05) is 66.7 Å². The molecular weight excluding hydrogens is 478 g/mol. The van der Waals surface area contributed by atoms with Crippen LogP contribution < -0.4 is 10.1 Å². The lowest BCUT2D eigenvalue weighted by Gasteiger charge is -2.32. The molecule has 0 saturated heterocycles. The third kappa shape index (κ3) is 5.49. The molecule has 0 radical (unpaired) electrons. The Kier molecular flexibility index (Phi) is 8.00. The molecule has 38 heavy (non-hydrogen) atoms. The molecule has 1 unspecified atom stereocenters. The zero-order chi connectivity index (χ0) is 27.3. The number of carboxylic acid groups (broad SMARTS) is 1. The number of carbonyl (C=O) groups is 3. The van der Waals surface area contributed by atoms with E-state index >= 15 is 0 Å². The smallest absolute Gasteiger partial charge is 0.311 e. The quantitative estimate of drug-likeness (QED) is 0.181. The third-order valence-corrected chi connectivity index (χ3v) is 7.12. The molecule has 0 fully saturated rings. The molecule has 0 aromatic heterocycles. The maximum absolute atomic E-state index is 14.0. The van der Waals surface area contributed by atoms with Crippen molar-refractivity contribution in [3.05, 3.63) is 95.1 Å². The molecule has 198 valence electrons. The molecular formula is C32H35NO5. The molecule has 0 saturated carbocycles. The molecule has 6 heteroatoms. The minimum absolute atomic E-state index is 0.138. The highest BCUT2D eigenvalue weighted by Gasteiger charge is 2.51. The van der Waals surface area contributed by atoms with E-state index in [4.69, 9.17) is 9.84 Å². The summed E-state index contributed by atoms with van der Waals surface area (Å²) in [7, 11) is 0. The SMILES string of the molecule is CC(C)(C)c1ccc(OC(=O)CCCCCCC(=O)O)c(C2(c3ccccc3)C(=O)Nc3ccccc32)c1. The van der Waals surface area contributed by atoms with Crippen LogP contribution in [-0.2, 0) is 25.2 Å². The number of carboxylic acids is 1. The summed E-state index contributed by atoms with van der Waals surface area (Å²) in [6.45, 7) is 6.33. The van der Waals surface area contributed by atoms with Gasteiger partial charge in [0.05, 0.1) is 0 Å². The lowest BCUT2D eigenvalue weighted by Crippen LogP contribution is -2.38. The molecule has 3 aromatic rings. The highest BCUT2D eigenvalue weighted by Crippen LogP contribution is 2.51. The number of aliphatic carboxylic acids is 1. The van der Waals surface area contributed by atoms with Crippen molar-refractivity contribution in [3.63, 3.8) is 0 Å². The Morgan fingerprint density at radius 1 is 0.842 bits per heavy atom. The van der Waals surface area contributed by atoms with Gasteiger partial charge in [-0.1, -0.05) is 88.2 Å². The van der Waals surface area contributed by atoms with Gasteiger partial charge >= 0.3 is 11.9 Å². The Hall–Kier alpha value is -3.93. The Bertz CT molecular complexity index is 1330. The van der Waals surface area contributed by atoms with E-state index < -0.39 is 11.4 Å². The van der Waals surface area contributed by atoms with Gasteiger partial charge in [-0.3, -0.25) is 14.4 Å². The van der Waals surface area contributed by atoms with Gasteiger partial charge in [0.25, 0.3) is 0 Å². The first-order valence-corrected chi connectivity index (χ1v) is 13.2. The van der Waals surface area contributed by atoms with Gasteiger partial charge in [-0.15, -0.1) is 0 Å². The average Bonchev–Trinajstić information content (AvgIpc) is 3.18. The van der Waals surface area contributed by atoms with Crippen LogP contribution >= 0.6 is 0 Å². The molecule has 1 aliphatic rings. The fraction of sp³-hybridized carbons (Fsp3) is 0.344. The first-order valence-electron chi connectivity index (χ1n) is 13.2. The number of hydrogen-bond donors (Lipinski definition) is 2. The monoisotopic (exact) mass is 513 g/mol. The summed E-state index contributed by atoms with van der Waals surface area (Å²) < 4.78 is 5.97. The molecule has 1 atom stereocenters. The summed E-state index contributed by atoms with van der Waals surface area (Å²) in [5.41, 5.74) is 2.63. The van der Waals surface area contributed by atoms with Crippen LogP contribution in [0.4, 0.5) is 5.69 Å². The first kappa shape index (κ1) is 27.1. The van der Waals surface area contributed by atoms with Crippen molar-refractivity contribution in [2.75, 3.05) is 5.32 Å². The second-order valence-electron chi connectivity index (χ2n) is 10.9. The van der Waals surface area contributed by atoms with Crippen molar-refractivity contribution in [2.45, 2.75) is 70.1 Å². The lowest BCUT2D eigenvalue weighted by atomic mass is 9.68. The number of benzene rings is 3. The van der Waals surface area contributed by atoms with Gasteiger partial charge in [0.2, 0.25) is 5.91 Å². The molecule has 0 spiro atoms. The minimum Gasteiger partial charge on any atom is -0.481 e. The number of esters is 1. The zero-order valence-corrected chi connectivity index (χ0v) is 22.3. The standard InChI is InChI=1S/C32H35NO5/c1-31(2,3)23-19-20-27(38-29(36)18-10-5-4-9-17-28(34)35)25(21-23)32(22-13-7-6-8-14-22)24-15-11-12-16-26(24)33-30(32)37/h6-8,11-16,19-21H,4-5,9-10,17-18H2,1-3H3,(H,33,37)(H,34,35). The van der Waals surface area contributed by atoms with Crippen molar-refractivity contribution in [3.8, 4) is 5.75 Å². The predicted octanol–water partition coefficient (Wildman–Crippen LogP) is 6.60. The molecule has 0 bridgehead atoms. The van der Waals surface area contributed by atoms with Crippen molar-refractivity contribution in [1.82, 2.24) is 0 Å². The summed E-state index contributed by atoms with van der Waals surface area (Å²) in [5, 5.41) is 11.9. The van der Waals surface area contributed by atoms with Crippen LogP contribution in [0.5, 0.6) is 5.75 Å². The number of unbranched alkanes of at least 4 members (excludes halogenated alkanes) is 3. The third-order valence-electron chi connectivity index (χ3n) is 7.12. The number of nitrogens with one attached hydrogen (secondary N) is 1. The summed E-state index contributed by atoms with van der Waals surface area (Å²) in [6.07, 6.45) is 3.06. The Labute approximate surface area is 224 Å². The van der Waals surface area contributed by atoms with E-state index in [0.29, 0.717) is 24.2 Å². The molecule has 0 aliphatic carbocycles. The van der Waals surface area contributed by atoms with E-state index in [1.54, 1.807) is 6.07 Å². The highest BCUT2D eigenvalue weighted by atomic mass is 16.5. The summed E-state index contributed by atoms with van der Waals surface area (Å²) in [6, 6.07) is 23.0. The van der Waals surface area contributed by atoms with Crippen LogP contribution in [0.15, 0.2) is 72.8 Å². The van der Waals surface area contributed by atoms with Gasteiger partial charge in [0, 0.05) is 29.7 Å². The molecule has 1 heterocycles. The van der Waals surface area contributed by atoms with Gasteiger partial charge in [-0.25, -0.2) is 0 Å². The highest BCUT2D eigenvalue weighted by molar-refractivity contribution is 6.11. The van der Waals surface area contributed by atoms with Crippen molar-refractivity contribution >= 4 is 23.5 Å². The van der Waals surface area contributed by atoms with Crippen LogP contribution in [0.3, 0.4) is 0 Å². The first-order chi connectivity index (χ1) is 18.1. The van der Waals surface area contributed by atoms with E-state index in [9.17, 15) is 14.4 Å². The largest absolute Gasteiger partial charge is 0.481 e. The Morgan fingerprint density at radius 3 is 2.18 bits per heavy atom. The Morgan fingerprint density at radius 2 is 1.50 bits per heavy atom. The zero-order valence-electron chi connectivity index (χ0n) is 22.3. The van der Waals surface area contributed by atoms with Crippen LogP contribution in [-0.4, -0.2) is 23.0 Å². The fourth-order valence-electron chi connectivity index (χ4n) is 5.11.